The van der Waals surface area contributed by atoms with Crippen molar-refractivity contribution >= 4 is 29.3 Å². The summed E-state index contributed by atoms with van der Waals surface area (Å²) in [6, 6.07) is 4.23. The van der Waals surface area contributed by atoms with Gasteiger partial charge in [-0.15, -0.1) is 0 Å². The summed E-state index contributed by atoms with van der Waals surface area (Å²) in [6.45, 7) is 3.02. The van der Waals surface area contributed by atoms with Crippen molar-refractivity contribution in [3.8, 4) is 0 Å². The van der Waals surface area contributed by atoms with Gasteiger partial charge in [0.2, 0.25) is 11.8 Å². The van der Waals surface area contributed by atoms with Crippen LogP contribution in [0.1, 0.15) is 59.2 Å². The van der Waals surface area contributed by atoms with Crippen molar-refractivity contribution in [2.24, 2.45) is 5.92 Å². The number of nitrogens with one attached hydrogen (secondary N) is 2. The molecule has 1 aromatic rings. The maximum absolute atomic E-state index is 13.1. The first kappa shape index (κ1) is 20.5. The minimum Gasteiger partial charge on any atom is -0.384 e. The molecule has 2 N–H and O–H groups in total. The van der Waals surface area contributed by atoms with Crippen molar-refractivity contribution in [1.82, 2.24) is 15.1 Å². The van der Waals surface area contributed by atoms with Crippen LogP contribution in [0, 0.1) is 5.92 Å². The molecule has 1 unspecified atom stereocenters. The highest BCUT2D eigenvalue weighted by Crippen LogP contribution is 2.32. The van der Waals surface area contributed by atoms with Crippen LogP contribution in [0.15, 0.2) is 18.2 Å². The molecule has 1 atom stereocenters. The molecular weight excluding hydrogens is 384 g/mol. The van der Waals surface area contributed by atoms with Gasteiger partial charge in [0, 0.05) is 18.7 Å². The Kier molecular flexibility index (Phi) is 5.85. The van der Waals surface area contributed by atoms with Gasteiger partial charge in [-0.25, -0.2) is 0 Å². The standard InChI is InChI=1S/C22H28N4O4/c1-25-12-9-14(10-13-25)4-3-11-23-16-6-2-5-15-19(16)22(30)26(21(15)29)17-7-8-18(27)24-20(17)28/h2,5-6,14,17,23H,3-4,7-13H2,1H3,(H,24,27,28). The first-order chi connectivity index (χ1) is 14.5. The van der Waals surface area contributed by atoms with Gasteiger partial charge in [0.25, 0.3) is 11.8 Å². The third kappa shape index (κ3) is 3.96. The SMILES string of the molecule is CN1CCC(CCCNc2cccc3c2C(=O)N(C2CCC(=O)NC2=O)C3=O)CC1. The van der Waals surface area contributed by atoms with Crippen LogP contribution >= 0.6 is 0 Å². The Bertz CT molecular complexity index is 876. The molecule has 8 heteroatoms. The second-order valence-corrected chi connectivity index (χ2v) is 8.49. The molecular formula is C22H28N4O4. The van der Waals surface area contributed by atoms with Crippen LogP contribution in [0.3, 0.4) is 0 Å². The Morgan fingerprint density at radius 2 is 1.83 bits per heavy atom. The molecule has 4 rings (SSSR count). The third-order valence-corrected chi connectivity index (χ3v) is 6.41. The predicted molar refractivity (Wildman–Crippen MR) is 111 cm³/mol. The Hall–Kier alpha value is -2.74. The van der Waals surface area contributed by atoms with Crippen LogP contribution in [0.25, 0.3) is 0 Å². The third-order valence-electron chi connectivity index (χ3n) is 6.41. The van der Waals surface area contributed by atoms with E-state index in [1.165, 1.54) is 12.8 Å². The minimum absolute atomic E-state index is 0.117. The fourth-order valence-electron chi connectivity index (χ4n) is 4.63. The van der Waals surface area contributed by atoms with Crippen molar-refractivity contribution in [2.45, 2.75) is 44.6 Å². The lowest BCUT2D eigenvalue weighted by Gasteiger charge is -2.29. The summed E-state index contributed by atoms with van der Waals surface area (Å²) in [7, 11) is 2.16. The summed E-state index contributed by atoms with van der Waals surface area (Å²) in [5.74, 6) is -1.16. The zero-order valence-electron chi connectivity index (χ0n) is 17.3. The average molecular weight is 412 g/mol. The minimum atomic E-state index is -0.938. The zero-order valence-corrected chi connectivity index (χ0v) is 17.3. The van der Waals surface area contributed by atoms with E-state index in [1.807, 2.05) is 0 Å². The average Bonchev–Trinajstić information content (AvgIpc) is 2.98. The molecule has 0 aliphatic carbocycles. The maximum atomic E-state index is 13.1. The van der Waals surface area contributed by atoms with Gasteiger partial charge in [-0.3, -0.25) is 29.4 Å². The largest absolute Gasteiger partial charge is 0.384 e. The molecule has 0 saturated carbocycles. The first-order valence-corrected chi connectivity index (χ1v) is 10.7. The molecule has 3 aliphatic heterocycles. The van der Waals surface area contributed by atoms with E-state index >= 15 is 0 Å². The second-order valence-electron chi connectivity index (χ2n) is 8.49. The topological polar surface area (TPSA) is 98.8 Å². The molecule has 2 saturated heterocycles. The van der Waals surface area contributed by atoms with Gasteiger partial charge in [0.1, 0.15) is 6.04 Å². The van der Waals surface area contributed by atoms with E-state index in [0.717, 1.165) is 43.3 Å². The monoisotopic (exact) mass is 412 g/mol. The number of carbonyl (C=O) groups is 4. The van der Waals surface area contributed by atoms with E-state index in [9.17, 15) is 19.2 Å². The molecule has 3 heterocycles. The van der Waals surface area contributed by atoms with Crippen LogP contribution in [0.5, 0.6) is 0 Å². The van der Waals surface area contributed by atoms with E-state index in [0.29, 0.717) is 16.8 Å². The van der Waals surface area contributed by atoms with Crippen LogP contribution in [0.4, 0.5) is 5.69 Å². The van der Waals surface area contributed by atoms with Crippen LogP contribution < -0.4 is 10.6 Å². The Morgan fingerprint density at radius 1 is 1.07 bits per heavy atom. The molecule has 0 radical (unpaired) electrons. The molecule has 2 fully saturated rings. The summed E-state index contributed by atoms with van der Waals surface area (Å²) in [4.78, 5) is 52.9. The Morgan fingerprint density at radius 3 is 2.57 bits per heavy atom. The van der Waals surface area contributed by atoms with E-state index < -0.39 is 23.8 Å². The van der Waals surface area contributed by atoms with E-state index in [2.05, 4.69) is 22.6 Å². The van der Waals surface area contributed by atoms with Gasteiger partial charge in [-0.1, -0.05) is 6.07 Å². The number of benzene rings is 1. The van der Waals surface area contributed by atoms with Gasteiger partial charge in [0.05, 0.1) is 11.1 Å². The predicted octanol–water partition coefficient (Wildman–Crippen LogP) is 1.62. The fraction of sp³-hybridized carbons (Fsp3) is 0.545. The fourth-order valence-corrected chi connectivity index (χ4v) is 4.63. The lowest BCUT2D eigenvalue weighted by Crippen LogP contribution is -2.54. The van der Waals surface area contributed by atoms with E-state index in [4.69, 9.17) is 0 Å². The van der Waals surface area contributed by atoms with Crippen LogP contribution in [-0.4, -0.2) is 66.2 Å². The van der Waals surface area contributed by atoms with E-state index in [1.54, 1.807) is 18.2 Å². The van der Waals surface area contributed by atoms with Gasteiger partial charge >= 0.3 is 0 Å². The molecule has 1 aromatic carbocycles. The Labute approximate surface area is 176 Å². The van der Waals surface area contributed by atoms with E-state index in [-0.39, 0.29) is 18.7 Å². The lowest BCUT2D eigenvalue weighted by molar-refractivity contribution is -0.136. The van der Waals surface area contributed by atoms with Crippen LogP contribution in [0.2, 0.25) is 0 Å². The summed E-state index contributed by atoms with van der Waals surface area (Å²) < 4.78 is 0. The molecule has 0 bridgehead atoms. The van der Waals surface area contributed by atoms with Gasteiger partial charge < -0.3 is 10.2 Å². The number of fused-ring (bicyclic) bond motifs is 1. The highest BCUT2D eigenvalue weighted by molar-refractivity contribution is 6.25. The molecule has 0 aromatic heterocycles. The molecule has 3 aliphatic rings. The number of imide groups is 2. The molecule has 160 valence electrons. The van der Waals surface area contributed by atoms with Gasteiger partial charge in [0.15, 0.2) is 0 Å². The number of rotatable bonds is 6. The normalized spacial score (nSPS) is 23.0. The number of nitrogens with zero attached hydrogens (tertiary/aromatic N) is 2. The highest BCUT2D eigenvalue weighted by Gasteiger charge is 2.45. The number of hydrogen-bond acceptors (Lipinski definition) is 6. The number of amides is 4. The lowest BCUT2D eigenvalue weighted by atomic mass is 9.92. The highest BCUT2D eigenvalue weighted by atomic mass is 16.2. The molecule has 30 heavy (non-hydrogen) atoms. The summed E-state index contributed by atoms with van der Waals surface area (Å²) in [5.41, 5.74) is 1.26. The number of piperidine rings is 2. The second kappa shape index (κ2) is 8.55. The van der Waals surface area contributed by atoms with Gasteiger partial charge in [-0.05, 0) is 70.3 Å². The Balaban J connectivity index is 1.40. The number of anilines is 1. The number of hydrogen-bond donors (Lipinski definition) is 2. The molecule has 0 spiro atoms. The summed E-state index contributed by atoms with van der Waals surface area (Å²) in [5, 5.41) is 5.54. The summed E-state index contributed by atoms with van der Waals surface area (Å²) in [6.07, 6.45) is 4.87. The quantitative estimate of drug-likeness (QED) is 0.544. The zero-order chi connectivity index (χ0) is 21.3. The molecule has 4 amide bonds. The smallest absolute Gasteiger partial charge is 0.264 e. The number of likely N-dealkylation sites (tertiary alicyclic amines) is 1. The van der Waals surface area contributed by atoms with Crippen molar-refractivity contribution in [3.05, 3.63) is 29.3 Å². The number of carbonyl (C=O) groups excluding carboxylic acids is 4. The molecule has 8 nitrogen and oxygen atoms in total. The van der Waals surface area contributed by atoms with Crippen molar-refractivity contribution in [3.63, 3.8) is 0 Å². The summed E-state index contributed by atoms with van der Waals surface area (Å²) >= 11 is 0. The van der Waals surface area contributed by atoms with Crippen molar-refractivity contribution in [1.29, 1.82) is 0 Å². The van der Waals surface area contributed by atoms with Crippen LogP contribution in [-0.2, 0) is 9.59 Å². The van der Waals surface area contributed by atoms with Crippen molar-refractivity contribution < 1.29 is 19.2 Å². The first-order valence-electron chi connectivity index (χ1n) is 10.7. The van der Waals surface area contributed by atoms with Crippen molar-refractivity contribution in [2.75, 3.05) is 32.0 Å². The van der Waals surface area contributed by atoms with Gasteiger partial charge in [-0.2, -0.15) is 0 Å². The maximum Gasteiger partial charge on any atom is 0.264 e.